The molecule has 1 aromatic rings. The third-order valence-corrected chi connectivity index (χ3v) is 1.83. The van der Waals surface area contributed by atoms with Gasteiger partial charge in [-0.3, -0.25) is 0 Å². The molecule has 1 aromatic heterocycles. The molecule has 0 aliphatic carbocycles. The zero-order valence-electron chi connectivity index (χ0n) is 8.31. The SMILES string of the molecule is CCOCC(O)Cc1ccnc(N)c1. The molecule has 0 saturated carbocycles. The third-order valence-electron chi connectivity index (χ3n) is 1.83. The number of ether oxygens (including phenoxy) is 1. The van der Waals surface area contributed by atoms with Crippen molar-refractivity contribution in [3.8, 4) is 0 Å². The Kier molecular flexibility index (Phi) is 4.35. The molecule has 1 unspecified atom stereocenters. The molecule has 1 rings (SSSR count). The first-order valence-electron chi connectivity index (χ1n) is 4.68. The number of nitrogen functional groups attached to an aromatic ring is 1. The predicted molar refractivity (Wildman–Crippen MR) is 54.9 cm³/mol. The molecule has 3 N–H and O–H groups in total. The molecule has 4 nitrogen and oxygen atoms in total. The molecule has 4 heteroatoms. The second kappa shape index (κ2) is 5.57. The van der Waals surface area contributed by atoms with E-state index >= 15 is 0 Å². The molecule has 1 atom stereocenters. The van der Waals surface area contributed by atoms with Crippen LogP contribution in [0.25, 0.3) is 0 Å². The van der Waals surface area contributed by atoms with Crippen LogP contribution >= 0.6 is 0 Å². The number of nitrogens with two attached hydrogens (primary N) is 1. The summed E-state index contributed by atoms with van der Waals surface area (Å²) in [4.78, 5) is 3.87. The Hall–Kier alpha value is -1.13. The maximum atomic E-state index is 9.54. The Morgan fingerprint density at radius 1 is 1.64 bits per heavy atom. The van der Waals surface area contributed by atoms with Crippen LogP contribution in [-0.4, -0.2) is 29.4 Å². The first-order chi connectivity index (χ1) is 6.72. The quantitative estimate of drug-likeness (QED) is 0.723. The van der Waals surface area contributed by atoms with Crippen LogP contribution in [0, 0.1) is 0 Å². The van der Waals surface area contributed by atoms with Crippen molar-refractivity contribution in [3.05, 3.63) is 23.9 Å². The maximum Gasteiger partial charge on any atom is 0.123 e. The lowest BCUT2D eigenvalue weighted by Crippen LogP contribution is -2.18. The largest absolute Gasteiger partial charge is 0.390 e. The summed E-state index contributed by atoms with van der Waals surface area (Å²) in [5.41, 5.74) is 6.49. The molecule has 0 spiro atoms. The number of nitrogens with zero attached hydrogens (tertiary/aromatic N) is 1. The van der Waals surface area contributed by atoms with Crippen molar-refractivity contribution in [2.24, 2.45) is 0 Å². The molecular weight excluding hydrogens is 180 g/mol. The molecule has 0 bridgehead atoms. The maximum absolute atomic E-state index is 9.54. The van der Waals surface area contributed by atoms with Crippen LogP contribution in [0.15, 0.2) is 18.3 Å². The molecule has 0 radical (unpaired) electrons. The summed E-state index contributed by atoms with van der Waals surface area (Å²) >= 11 is 0. The highest BCUT2D eigenvalue weighted by Crippen LogP contribution is 2.06. The van der Waals surface area contributed by atoms with Gasteiger partial charge < -0.3 is 15.6 Å². The zero-order chi connectivity index (χ0) is 10.4. The van der Waals surface area contributed by atoms with Crippen molar-refractivity contribution in [3.63, 3.8) is 0 Å². The molecule has 0 aliphatic heterocycles. The fraction of sp³-hybridized carbons (Fsp3) is 0.500. The van der Waals surface area contributed by atoms with E-state index in [0.717, 1.165) is 5.56 Å². The summed E-state index contributed by atoms with van der Waals surface area (Å²) in [5, 5.41) is 9.54. The Labute approximate surface area is 83.7 Å². The number of aromatic nitrogens is 1. The second-order valence-corrected chi connectivity index (χ2v) is 3.11. The minimum absolute atomic E-state index is 0.360. The van der Waals surface area contributed by atoms with E-state index < -0.39 is 6.10 Å². The third kappa shape index (κ3) is 3.72. The van der Waals surface area contributed by atoms with Gasteiger partial charge in [-0.1, -0.05) is 0 Å². The molecule has 14 heavy (non-hydrogen) atoms. The van der Waals surface area contributed by atoms with Gasteiger partial charge in [0, 0.05) is 19.2 Å². The fourth-order valence-electron chi connectivity index (χ4n) is 1.21. The average Bonchev–Trinajstić information content (AvgIpc) is 2.15. The van der Waals surface area contributed by atoms with E-state index in [1.165, 1.54) is 0 Å². The van der Waals surface area contributed by atoms with Crippen molar-refractivity contribution < 1.29 is 9.84 Å². The van der Waals surface area contributed by atoms with Crippen molar-refractivity contribution in [2.75, 3.05) is 18.9 Å². The highest BCUT2D eigenvalue weighted by Gasteiger charge is 2.05. The number of aliphatic hydroxyl groups is 1. The van der Waals surface area contributed by atoms with Crippen LogP contribution in [-0.2, 0) is 11.2 Å². The number of anilines is 1. The van der Waals surface area contributed by atoms with Crippen molar-refractivity contribution in [1.82, 2.24) is 4.98 Å². The van der Waals surface area contributed by atoms with Gasteiger partial charge in [-0.05, 0) is 24.6 Å². The first-order valence-corrected chi connectivity index (χ1v) is 4.68. The molecule has 0 saturated heterocycles. The van der Waals surface area contributed by atoms with Gasteiger partial charge in [0.15, 0.2) is 0 Å². The lowest BCUT2D eigenvalue weighted by Gasteiger charge is -2.10. The van der Waals surface area contributed by atoms with Crippen LogP contribution in [0.4, 0.5) is 5.82 Å². The topological polar surface area (TPSA) is 68.4 Å². The second-order valence-electron chi connectivity index (χ2n) is 3.11. The number of hydrogen-bond acceptors (Lipinski definition) is 4. The molecule has 1 heterocycles. The molecule has 78 valence electrons. The number of pyridine rings is 1. The van der Waals surface area contributed by atoms with E-state index in [-0.39, 0.29) is 0 Å². The summed E-state index contributed by atoms with van der Waals surface area (Å²) in [7, 11) is 0. The minimum Gasteiger partial charge on any atom is -0.390 e. The van der Waals surface area contributed by atoms with Crippen LogP contribution in [0.5, 0.6) is 0 Å². The van der Waals surface area contributed by atoms with Crippen LogP contribution in [0.1, 0.15) is 12.5 Å². The van der Waals surface area contributed by atoms with E-state index in [0.29, 0.717) is 25.5 Å². The van der Waals surface area contributed by atoms with Gasteiger partial charge in [0.25, 0.3) is 0 Å². The Morgan fingerprint density at radius 2 is 2.43 bits per heavy atom. The van der Waals surface area contributed by atoms with E-state index in [1.807, 2.05) is 13.0 Å². The monoisotopic (exact) mass is 196 g/mol. The standard InChI is InChI=1S/C10H16N2O2/c1-2-14-7-9(13)5-8-3-4-12-10(11)6-8/h3-4,6,9,13H,2,5,7H2,1H3,(H2,11,12). The fourth-order valence-corrected chi connectivity index (χ4v) is 1.21. The molecule has 0 aromatic carbocycles. The van der Waals surface area contributed by atoms with Gasteiger partial charge in [-0.2, -0.15) is 0 Å². The predicted octanol–water partition coefficient (Wildman–Crippen LogP) is 0.604. The van der Waals surface area contributed by atoms with Crippen molar-refractivity contribution in [2.45, 2.75) is 19.4 Å². The summed E-state index contributed by atoms with van der Waals surface area (Å²) in [6, 6.07) is 3.60. The number of rotatable bonds is 5. The number of hydrogen-bond donors (Lipinski definition) is 2. The molecule has 0 aliphatic rings. The summed E-state index contributed by atoms with van der Waals surface area (Å²) in [6.45, 7) is 2.88. The van der Waals surface area contributed by atoms with Gasteiger partial charge in [0.05, 0.1) is 12.7 Å². The van der Waals surface area contributed by atoms with E-state index in [9.17, 15) is 5.11 Å². The van der Waals surface area contributed by atoms with Crippen molar-refractivity contribution in [1.29, 1.82) is 0 Å². The molecule has 0 fully saturated rings. The van der Waals surface area contributed by atoms with Gasteiger partial charge in [-0.25, -0.2) is 4.98 Å². The Bertz CT molecular complexity index is 279. The Balaban J connectivity index is 2.43. The van der Waals surface area contributed by atoms with Gasteiger partial charge in [0.2, 0.25) is 0 Å². The lowest BCUT2D eigenvalue weighted by atomic mass is 10.1. The summed E-state index contributed by atoms with van der Waals surface area (Å²) in [6.07, 6.45) is 1.71. The first kappa shape index (κ1) is 10.9. The Morgan fingerprint density at radius 3 is 3.07 bits per heavy atom. The highest BCUT2D eigenvalue weighted by atomic mass is 16.5. The average molecular weight is 196 g/mol. The van der Waals surface area contributed by atoms with E-state index in [1.54, 1.807) is 12.3 Å². The zero-order valence-corrected chi connectivity index (χ0v) is 8.31. The van der Waals surface area contributed by atoms with Crippen LogP contribution in [0.2, 0.25) is 0 Å². The normalized spacial score (nSPS) is 12.7. The highest BCUT2D eigenvalue weighted by molar-refractivity contribution is 5.32. The molecular formula is C10H16N2O2. The van der Waals surface area contributed by atoms with Crippen LogP contribution in [0.3, 0.4) is 0 Å². The summed E-state index contributed by atoms with van der Waals surface area (Å²) < 4.78 is 5.10. The van der Waals surface area contributed by atoms with Crippen LogP contribution < -0.4 is 5.73 Å². The lowest BCUT2D eigenvalue weighted by molar-refractivity contribution is 0.0430. The smallest absolute Gasteiger partial charge is 0.123 e. The van der Waals surface area contributed by atoms with E-state index in [4.69, 9.17) is 10.5 Å². The summed E-state index contributed by atoms with van der Waals surface area (Å²) in [5.74, 6) is 0.478. The molecule has 0 amide bonds. The minimum atomic E-state index is -0.475. The van der Waals surface area contributed by atoms with Gasteiger partial charge >= 0.3 is 0 Å². The van der Waals surface area contributed by atoms with E-state index in [2.05, 4.69) is 4.98 Å². The van der Waals surface area contributed by atoms with Crippen molar-refractivity contribution >= 4 is 5.82 Å². The van der Waals surface area contributed by atoms with Gasteiger partial charge in [0.1, 0.15) is 5.82 Å². The number of aliphatic hydroxyl groups excluding tert-OH is 1. The van der Waals surface area contributed by atoms with Gasteiger partial charge in [-0.15, -0.1) is 0 Å².